The van der Waals surface area contributed by atoms with Crippen molar-refractivity contribution >= 4 is 20.3 Å². The van der Waals surface area contributed by atoms with Gasteiger partial charge < -0.3 is 9.16 Å². The van der Waals surface area contributed by atoms with Crippen molar-refractivity contribution in [3.8, 4) is 0 Å². The second-order valence-corrected chi connectivity index (χ2v) is 14.5. The van der Waals surface area contributed by atoms with Crippen LogP contribution >= 0.6 is 0 Å². The molecule has 0 fully saturated rings. The molecule has 1 heterocycles. The lowest BCUT2D eigenvalue weighted by Gasteiger charge is -2.42. The van der Waals surface area contributed by atoms with Gasteiger partial charge in [0.25, 0.3) is 5.91 Å². The summed E-state index contributed by atoms with van der Waals surface area (Å²) in [6.45, 7) is 16.2. The Bertz CT molecular complexity index is 744. The SMILES string of the molecule is CC(C)(C)OC(=O)N1C(=O)C=C[C@H]1[C@@H](O[Si](C)(C)C(C)(C)C)c1ccccc1. The van der Waals surface area contributed by atoms with Crippen molar-refractivity contribution < 1.29 is 18.8 Å². The lowest BCUT2D eigenvalue weighted by Crippen LogP contribution is -2.49. The van der Waals surface area contributed by atoms with Gasteiger partial charge in [0.05, 0.1) is 12.1 Å². The second kappa shape index (κ2) is 7.83. The zero-order valence-electron chi connectivity index (χ0n) is 18.3. The highest BCUT2D eigenvalue weighted by atomic mass is 28.4. The molecule has 1 aliphatic heterocycles. The fourth-order valence-electron chi connectivity index (χ4n) is 2.73. The quantitative estimate of drug-likeness (QED) is 0.627. The Morgan fingerprint density at radius 2 is 1.64 bits per heavy atom. The molecule has 1 aliphatic rings. The number of rotatable bonds is 4. The second-order valence-electron chi connectivity index (χ2n) is 9.75. The Kier molecular flexibility index (Phi) is 6.26. The van der Waals surface area contributed by atoms with Crippen LogP contribution in [0.25, 0.3) is 0 Å². The minimum absolute atomic E-state index is 0.0108. The van der Waals surface area contributed by atoms with Crippen LogP contribution in [0.2, 0.25) is 18.1 Å². The number of ether oxygens (including phenoxy) is 1. The van der Waals surface area contributed by atoms with Crippen LogP contribution in [0.1, 0.15) is 53.2 Å². The van der Waals surface area contributed by atoms with E-state index in [1.807, 2.05) is 30.3 Å². The van der Waals surface area contributed by atoms with Gasteiger partial charge in [0.2, 0.25) is 0 Å². The summed E-state index contributed by atoms with van der Waals surface area (Å²) < 4.78 is 12.2. The number of hydrogen-bond donors (Lipinski definition) is 0. The van der Waals surface area contributed by atoms with Gasteiger partial charge in [-0.05, 0) is 44.5 Å². The number of nitrogens with zero attached hydrogens (tertiary/aromatic N) is 1. The molecule has 28 heavy (non-hydrogen) atoms. The molecule has 0 saturated heterocycles. The van der Waals surface area contributed by atoms with Gasteiger partial charge in [-0.2, -0.15) is 0 Å². The predicted molar refractivity (Wildman–Crippen MR) is 113 cm³/mol. The molecule has 0 saturated carbocycles. The van der Waals surface area contributed by atoms with Crippen LogP contribution in [0.3, 0.4) is 0 Å². The summed E-state index contributed by atoms with van der Waals surface area (Å²) >= 11 is 0. The normalized spacial score (nSPS) is 19.1. The summed E-state index contributed by atoms with van der Waals surface area (Å²) in [5, 5.41) is -0.0108. The van der Waals surface area contributed by atoms with E-state index in [4.69, 9.17) is 9.16 Å². The lowest BCUT2D eigenvalue weighted by molar-refractivity contribution is -0.126. The van der Waals surface area contributed by atoms with Gasteiger partial charge in [0.15, 0.2) is 8.32 Å². The number of imide groups is 1. The third-order valence-electron chi connectivity index (χ3n) is 5.23. The number of hydrogen-bond acceptors (Lipinski definition) is 4. The Morgan fingerprint density at radius 1 is 1.07 bits per heavy atom. The number of carbonyl (C=O) groups excluding carboxylic acids is 2. The van der Waals surface area contributed by atoms with E-state index in [1.54, 1.807) is 26.8 Å². The molecular weight excluding hydrogens is 370 g/mol. The van der Waals surface area contributed by atoms with E-state index < -0.39 is 32.2 Å². The third-order valence-corrected chi connectivity index (χ3v) is 9.68. The standard InChI is InChI=1S/C22H33NO4Si/c1-21(2,3)26-20(25)23-17(14-15-18(23)24)19(16-12-10-9-11-13-16)27-28(7,8)22(4,5)6/h9-15,17,19H,1-8H3/t17-,19-/m0/s1. The van der Waals surface area contributed by atoms with Crippen molar-refractivity contribution in [3.63, 3.8) is 0 Å². The van der Waals surface area contributed by atoms with Crippen LogP contribution in [0, 0.1) is 0 Å². The molecule has 0 N–H and O–H groups in total. The Hall–Kier alpha value is -1.92. The maximum atomic E-state index is 12.8. The molecule has 0 unspecified atom stereocenters. The molecule has 0 bridgehead atoms. The average molecular weight is 404 g/mol. The third kappa shape index (κ3) is 5.11. The zero-order chi connectivity index (χ0) is 21.3. The van der Waals surface area contributed by atoms with E-state index in [1.165, 1.54) is 11.0 Å². The first-order valence-electron chi connectivity index (χ1n) is 9.70. The van der Waals surface area contributed by atoms with Crippen LogP contribution in [0.15, 0.2) is 42.5 Å². The summed E-state index contributed by atoms with van der Waals surface area (Å²) in [5.74, 6) is -0.376. The van der Waals surface area contributed by atoms with Crippen LogP contribution in [-0.2, 0) is 14.0 Å². The van der Waals surface area contributed by atoms with Gasteiger partial charge >= 0.3 is 6.09 Å². The summed E-state index contributed by atoms with van der Waals surface area (Å²) in [4.78, 5) is 26.5. The zero-order valence-corrected chi connectivity index (χ0v) is 19.3. The topological polar surface area (TPSA) is 55.8 Å². The molecule has 2 rings (SSSR count). The number of benzene rings is 1. The van der Waals surface area contributed by atoms with Gasteiger partial charge in [-0.25, -0.2) is 9.69 Å². The summed E-state index contributed by atoms with van der Waals surface area (Å²) in [7, 11) is -2.18. The van der Waals surface area contributed by atoms with Gasteiger partial charge in [0.1, 0.15) is 5.60 Å². The fourth-order valence-corrected chi connectivity index (χ4v) is 3.99. The minimum atomic E-state index is -2.18. The maximum absolute atomic E-state index is 12.8. The van der Waals surface area contributed by atoms with Crippen molar-refractivity contribution in [2.45, 2.75) is 77.4 Å². The van der Waals surface area contributed by atoms with E-state index in [0.29, 0.717) is 0 Å². The molecule has 154 valence electrons. The van der Waals surface area contributed by atoms with E-state index in [-0.39, 0.29) is 10.9 Å². The monoisotopic (exact) mass is 403 g/mol. The highest BCUT2D eigenvalue weighted by Crippen LogP contribution is 2.42. The molecule has 0 aromatic heterocycles. The summed E-state index contributed by atoms with van der Waals surface area (Å²) in [5.41, 5.74) is 0.248. The average Bonchev–Trinajstić information content (AvgIpc) is 2.92. The Morgan fingerprint density at radius 3 is 2.14 bits per heavy atom. The van der Waals surface area contributed by atoms with Crippen molar-refractivity contribution in [3.05, 3.63) is 48.0 Å². The first-order valence-corrected chi connectivity index (χ1v) is 12.6. The largest absolute Gasteiger partial charge is 0.443 e. The van der Waals surface area contributed by atoms with E-state index in [2.05, 4.69) is 33.9 Å². The molecule has 5 nitrogen and oxygen atoms in total. The van der Waals surface area contributed by atoms with Gasteiger partial charge in [-0.1, -0.05) is 57.2 Å². The fraction of sp³-hybridized carbons (Fsp3) is 0.545. The van der Waals surface area contributed by atoms with Gasteiger partial charge in [0, 0.05) is 6.08 Å². The molecule has 2 atom stereocenters. The summed E-state index contributed by atoms with van der Waals surface area (Å²) in [6.07, 6.45) is 2.08. The van der Waals surface area contributed by atoms with Gasteiger partial charge in [-0.15, -0.1) is 0 Å². The molecule has 1 aromatic rings. The van der Waals surface area contributed by atoms with E-state index in [9.17, 15) is 9.59 Å². The first kappa shape index (κ1) is 22.4. The maximum Gasteiger partial charge on any atom is 0.417 e. The molecule has 0 aliphatic carbocycles. The van der Waals surface area contributed by atoms with Crippen LogP contribution in [0.4, 0.5) is 4.79 Å². The molecular formula is C22H33NO4Si. The molecule has 6 heteroatoms. The van der Waals surface area contributed by atoms with Gasteiger partial charge in [-0.3, -0.25) is 4.79 Å². The minimum Gasteiger partial charge on any atom is -0.443 e. The van der Waals surface area contributed by atoms with E-state index in [0.717, 1.165) is 5.56 Å². The lowest BCUT2D eigenvalue weighted by atomic mass is 10.0. The van der Waals surface area contributed by atoms with Crippen molar-refractivity contribution in [1.82, 2.24) is 4.90 Å². The van der Waals surface area contributed by atoms with Crippen LogP contribution in [0.5, 0.6) is 0 Å². The van der Waals surface area contributed by atoms with E-state index >= 15 is 0 Å². The predicted octanol–water partition coefficient (Wildman–Crippen LogP) is 5.45. The highest BCUT2D eigenvalue weighted by molar-refractivity contribution is 6.74. The molecule has 1 aromatic carbocycles. The highest BCUT2D eigenvalue weighted by Gasteiger charge is 2.45. The molecule has 2 amide bonds. The van der Waals surface area contributed by atoms with Crippen molar-refractivity contribution in [1.29, 1.82) is 0 Å². The van der Waals surface area contributed by atoms with Crippen molar-refractivity contribution in [2.24, 2.45) is 0 Å². The van der Waals surface area contributed by atoms with Crippen LogP contribution in [-0.4, -0.2) is 36.9 Å². The smallest absolute Gasteiger partial charge is 0.417 e. The molecule has 0 spiro atoms. The first-order chi connectivity index (χ1) is 12.7. The Balaban J connectivity index is 2.43. The number of carbonyl (C=O) groups is 2. The van der Waals surface area contributed by atoms with Crippen LogP contribution < -0.4 is 0 Å². The summed E-state index contributed by atoms with van der Waals surface area (Å²) in [6, 6.07) is 9.22. The molecule has 0 radical (unpaired) electrons. The number of amides is 2. The Labute approximate surface area is 169 Å². The van der Waals surface area contributed by atoms with Crippen molar-refractivity contribution in [2.75, 3.05) is 0 Å².